The van der Waals surface area contributed by atoms with E-state index in [0.717, 1.165) is 34.8 Å². The highest BCUT2D eigenvalue weighted by Gasteiger charge is 2.80. The molecule has 0 unspecified atom stereocenters. The first-order valence-electron chi connectivity index (χ1n) is 9.82. The van der Waals surface area contributed by atoms with Gasteiger partial charge in [0.15, 0.2) is 0 Å². The fourth-order valence-electron chi connectivity index (χ4n) is 3.81. The molecular formula is C21H22F6O2S2. The van der Waals surface area contributed by atoms with E-state index in [0.29, 0.717) is 12.8 Å². The molecule has 2 aromatic heterocycles. The lowest BCUT2D eigenvalue weighted by Gasteiger charge is -2.26. The van der Waals surface area contributed by atoms with Gasteiger partial charge in [-0.05, 0) is 36.1 Å². The highest BCUT2D eigenvalue weighted by atomic mass is 32.1. The van der Waals surface area contributed by atoms with Crippen molar-refractivity contribution in [2.75, 3.05) is 0 Å². The number of halogens is 6. The van der Waals surface area contributed by atoms with E-state index < -0.39 is 42.1 Å². The third-order valence-corrected chi connectivity index (χ3v) is 7.55. The second-order valence-electron chi connectivity index (χ2n) is 7.39. The average molecular weight is 485 g/mol. The Balaban J connectivity index is 2.43. The van der Waals surface area contributed by atoms with Gasteiger partial charge in [-0.2, -0.15) is 26.3 Å². The van der Waals surface area contributed by atoms with Crippen LogP contribution < -0.4 is 0 Å². The fraction of sp³-hybridized carbons (Fsp3) is 0.524. The average Bonchev–Trinajstić information content (AvgIpc) is 3.31. The molecule has 172 valence electrons. The predicted molar refractivity (Wildman–Crippen MR) is 110 cm³/mol. The summed E-state index contributed by atoms with van der Waals surface area (Å²) in [6.45, 7) is 2.46. The molecular weight excluding hydrogens is 462 g/mol. The van der Waals surface area contributed by atoms with Crippen LogP contribution in [0.25, 0.3) is 11.1 Å². The zero-order valence-electron chi connectivity index (χ0n) is 16.9. The van der Waals surface area contributed by atoms with Crippen molar-refractivity contribution in [2.45, 2.75) is 70.5 Å². The molecule has 0 bridgehead atoms. The van der Waals surface area contributed by atoms with Crippen molar-refractivity contribution in [3.8, 4) is 0 Å². The van der Waals surface area contributed by atoms with Gasteiger partial charge in [-0.15, -0.1) is 22.7 Å². The molecule has 2 N–H and O–H groups in total. The Hall–Kier alpha value is -1.36. The van der Waals surface area contributed by atoms with E-state index >= 15 is 17.6 Å². The van der Waals surface area contributed by atoms with Gasteiger partial charge in [0.2, 0.25) is 0 Å². The summed E-state index contributed by atoms with van der Waals surface area (Å²) in [7, 11) is 0. The van der Waals surface area contributed by atoms with Gasteiger partial charge < -0.3 is 10.2 Å². The number of aliphatic hydroxyl groups is 2. The first-order chi connectivity index (χ1) is 14.5. The van der Waals surface area contributed by atoms with Gasteiger partial charge in [0.1, 0.15) is 0 Å². The summed E-state index contributed by atoms with van der Waals surface area (Å²) in [5.74, 6) is -15.9. The maximum atomic E-state index is 15.1. The van der Waals surface area contributed by atoms with E-state index in [9.17, 15) is 19.0 Å². The Bertz CT molecular complexity index is 914. The number of allylic oxidation sites excluding steroid dienone is 2. The van der Waals surface area contributed by atoms with E-state index in [4.69, 9.17) is 0 Å². The van der Waals surface area contributed by atoms with Crippen LogP contribution in [0.5, 0.6) is 0 Å². The lowest BCUT2D eigenvalue weighted by molar-refractivity contribution is -0.254. The van der Waals surface area contributed by atoms with E-state index in [1.165, 1.54) is 0 Å². The molecule has 0 saturated heterocycles. The number of hydrogen-bond donors (Lipinski definition) is 2. The minimum absolute atomic E-state index is 0.220. The van der Waals surface area contributed by atoms with Crippen molar-refractivity contribution in [1.29, 1.82) is 0 Å². The van der Waals surface area contributed by atoms with Crippen LogP contribution in [0.3, 0.4) is 0 Å². The molecule has 0 aromatic carbocycles. The molecule has 1 aliphatic rings. The Morgan fingerprint density at radius 3 is 1.35 bits per heavy atom. The van der Waals surface area contributed by atoms with Crippen molar-refractivity contribution < 1.29 is 36.6 Å². The number of aliphatic hydroxyl groups excluding tert-OH is 2. The zero-order valence-corrected chi connectivity index (χ0v) is 18.5. The van der Waals surface area contributed by atoms with Crippen molar-refractivity contribution >= 4 is 33.8 Å². The summed E-state index contributed by atoms with van der Waals surface area (Å²) in [5, 5.41) is 18.9. The van der Waals surface area contributed by atoms with Gasteiger partial charge in [0, 0.05) is 30.7 Å². The smallest absolute Gasteiger partial charge is 0.380 e. The number of alkyl halides is 6. The highest BCUT2D eigenvalue weighted by molar-refractivity contribution is 7.12. The molecule has 2 aromatic rings. The summed E-state index contributed by atoms with van der Waals surface area (Å²) in [6.07, 6.45) is 1.40. The molecule has 10 heteroatoms. The van der Waals surface area contributed by atoms with E-state index in [-0.39, 0.29) is 43.5 Å². The summed E-state index contributed by atoms with van der Waals surface area (Å²) in [6, 6.07) is 2.21. The van der Waals surface area contributed by atoms with Gasteiger partial charge >= 0.3 is 17.8 Å². The Morgan fingerprint density at radius 2 is 1.06 bits per heavy atom. The molecule has 1 aliphatic carbocycles. The van der Waals surface area contributed by atoms with Gasteiger partial charge in [-0.3, -0.25) is 0 Å². The van der Waals surface area contributed by atoms with Gasteiger partial charge in [0.05, 0.1) is 13.2 Å². The molecule has 0 atom stereocenters. The Labute approximate surface area is 183 Å². The lowest BCUT2D eigenvalue weighted by Crippen LogP contribution is -2.49. The maximum absolute atomic E-state index is 15.1. The van der Waals surface area contributed by atoms with Crippen molar-refractivity contribution in [1.82, 2.24) is 0 Å². The predicted octanol–water partition coefficient (Wildman–Crippen LogP) is 6.53. The Kier molecular flexibility index (Phi) is 6.68. The number of rotatable bonds is 8. The molecule has 0 spiro atoms. The summed E-state index contributed by atoms with van der Waals surface area (Å²) in [4.78, 5) is 0.966. The minimum atomic E-state index is -5.62. The summed E-state index contributed by atoms with van der Waals surface area (Å²) < 4.78 is 89.3. The van der Waals surface area contributed by atoms with Crippen LogP contribution >= 0.6 is 22.7 Å². The van der Waals surface area contributed by atoms with Gasteiger partial charge in [-0.1, -0.05) is 26.7 Å². The largest absolute Gasteiger partial charge is 0.391 e. The topological polar surface area (TPSA) is 40.5 Å². The molecule has 2 heterocycles. The lowest BCUT2D eigenvalue weighted by atomic mass is 9.93. The van der Waals surface area contributed by atoms with Crippen LogP contribution in [0.15, 0.2) is 12.1 Å². The van der Waals surface area contributed by atoms with Crippen LogP contribution in [0.4, 0.5) is 26.3 Å². The van der Waals surface area contributed by atoms with E-state index in [1.807, 2.05) is 0 Å². The quantitative estimate of drug-likeness (QED) is 0.418. The van der Waals surface area contributed by atoms with E-state index in [2.05, 4.69) is 0 Å². The van der Waals surface area contributed by atoms with Crippen molar-refractivity contribution in [2.24, 2.45) is 0 Å². The highest BCUT2D eigenvalue weighted by Crippen LogP contribution is 2.66. The standard InChI is InChI=1S/C21H22F6O2S2/c1-3-5-15-13(7-11(9-28)30-15)17-18(20(24,25)21(26,27)19(17,22)23)14-8-12(10-29)31-16(14)6-4-2/h7-8,28-29H,3-6,9-10H2,1-2H3. The first kappa shape index (κ1) is 24.3. The van der Waals surface area contributed by atoms with Crippen LogP contribution in [-0.2, 0) is 26.1 Å². The van der Waals surface area contributed by atoms with E-state index in [1.54, 1.807) is 13.8 Å². The molecule has 0 amide bonds. The second-order valence-corrected chi connectivity index (χ2v) is 9.83. The third-order valence-electron chi connectivity index (χ3n) is 5.19. The number of hydrogen-bond acceptors (Lipinski definition) is 4. The molecule has 0 aliphatic heterocycles. The van der Waals surface area contributed by atoms with Crippen LogP contribution in [-0.4, -0.2) is 28.0 Å². The summed E-state index contributed by atoms with van der Waals surface area (Å²) in [5.41, 5.74) is -3.51. The van der Waals surface area contributed by atoms with Crippen molar-refractivity contribution in [3.63, 3.8) is 0 Å². The van der Waals surface area contributed by atoms with Crippen LogP contribution in [0, 0.1) is 0 Å². The van der Waals surface area contributed by atoms with Crippen LogP contribution in [0.2, 0.25) is 0 Å². The normalized spacial score (nSPS) is 19.4. The van der Waals surface area contributed by atoms with Crippen molar-refractivity contribution in [3.05, 3.63) is 42.8 Å². The molecule has 2 nitrogen and oxygen atoms in total. The third kappa shape index (κ3) is 3.65. The molecule has 0 fully saturated rings. The van der Waals surface area contributed by atoms with Gasteiger partial charge in [-0.25, -0.2) is 0 Å². The molecule has 0 saturated carbocycles. The maximum Gasteiger partial charge on any atom is 0.380 e. The number of thiophene rings is 2. The number of aryl methyl sites for hydroxylation is 2. The first-order valence-corrected chi connectivity index (χ1v) is 11.4. The molecule has 0 radical (unpaired) electrons. The summed E-state index contributed by atoms with van der Waals surface area (Å²) >= 11 is 1.90. The fourth-order valence-corrected chi connectivity index (χ4v) is 6.08. The van der Waals surface area contributed by atoms with Gasteiger partial charge in [0.25, 0.3) is 0 Å². The minimum Gasteiger partial charge on any atom is -0.391 e. The monoisotopic (exact) mass is 484 g/mol. The molecule has 31 heavy (non-hydrogen) atoms. The second kappa shape index (κ2) is 8.53. The SMILES string of the molecule is CCCc1sc(CO)cc1C1=C(c2cc(CO)sc2CCC)C(F)(F)C(F)(F)C1(F)F. The Morgan fingerprint density at radius 1 is 0.710 bits per heavy atom. The van der Waals surface area contributed by atoms with Crippen LogP contribution in [0.1, 0.15) is 57.3 Å². The molecule has 3 rings (SSSR count). The zero-order chi connectivity index (χ0) is 23.2.